The lowest BCUT2D eigenvalue weighted by Gasteiger charge is -2.10. The molecule has 2 N–H and O–H groups in total. The summed E-state index contributed by atoms with van der Waals surface area (Å²) in [4.78, 5) is 22.8. The molecule has 0 saturated carbocycles. The number of rotatable bonds is 5. The SMILES string of the molecule is Cc1cccc(OCC(=O)Nc2cscc2C(=O)O)c1C. The molecule has 0 saturated heterocycles. The van der Waals surface area contributed by atoms with Crippen LogP contribution in [0.15, 0.2) is 29.0 Å². The molecule has 0 spiro atoms. The lowest BCUT2D eigenvalue weighted by atomic mass is 10.1. The molecule has 110 valence electrons. The molecule has 0 bridgehead atoms. The molecule has 0 atom stereocenters. The Morgan fingerprint density at radius 3 is 2.76 bits per heavy atom. The van der Waals surface area contributed by atoms with Crippen LogP contribution in [0.3, 0.4) is 0 Å². The molecular weight excluding hydrogens is 290 g/mol. The van der Waals surface area contributed by atoms with E-state index in [1.165, 1.54) is 16.7 Å². The topological polar surface area (TPSA) is 75.6 Å². The number of thiophene rings is 1. The van der Waals surface area contributed by atoms with Gasteiger partial charge in [0.25, 0.3) is 5.91 Å². The third-order valence-electron chi connectivity index (χ3n) is 3.08. The Morgan fingerprint density at radius 1 is 1.29 bits per heavy atom. The van der Waals surface area contributed by atoms with Gasteiger partial charge in [-0.3, -0.25) is 4.79 Å². The van der Waals surface area contributed by atoms with Crippen molar-refractivity contribution >= 4 is 28.9 Å². The first-order valence-electron chi connectivity index (χ1n) is 6.27. The number of nitrogens with one attached hydrogen (secondary N) is 1. The van der Waals surface area contributed by atoms with Crippen molar-refractivity contribution in [2.75, 3.05) is 11.9 Å². The second kappa shape index (κ2) is 6.41. The molecule has 0 unspecified atom stereocenters. The smallest absolute Gasteiger partial charge is 0.338 e. The Labute approximate surface area is 126 Å². The summed E-state index contributed by atoms with van der Waals surface area (Å²) >= 11 is 1.22. The summed E-state index contributed by atoms with van der Waals surface area (Å²) in [6.07, 6.45) is 0. The lowest BCUT2D eigenvalue weighted by molar-refractivity contribution is -0.118. The van der Waals surface area contributed by atoms with Crippen molar-refractivity contribution < 1.29 is 19.4 Å². The van der Waals surface area contributed by atoms with Gasteiger partial charge < -0.3 is 15.2 Å². The molecule has 21 heavy (non-hydrogen) atoms. The van der Waals surface area contributed by atoms with Gasteiger partial charge in [-0.2, -0.15) is 0 Å². The van der Waals surface area contributed by atoms with Gasteiger partial charge in [0.1, 0.15) is 5.75 Å². The molecule has 2 aromatic rings. The van der Waals surface area contributed by atoms with Gasteiger partial charge in [0, 0.05) is 10.8 Å². The van der Waals surface area contributed by atoms with Crippen molar-refractivity contribution in [2.24, 2.45) is 0 Å². The molecule has 5 nitrogen and oxygen atoms in total. The molecule has 0 radical (unpaired) electrons. The number of benzene rings is 1. The zero-order valence-electron chi connectivity index (χ0n) is 11.7. The molecule has 2 rings (SSSR count). The van der Waals surface area contributed by atoms with Crippen LogP contribution in [0.1, 0.15) is 21.5 Å². The number of anilines is 1. The zero-order chi connectivity index (χ0) is 15.4. The first-order valence-corrected chi connectivity index (χ1v) is 7.21. The van der Waals surface area contributed by atoms with Crippen LogP contribution in [0.4, 0.5) is 5.69 Å². The van der Waals surface area contributed by atoms with Gasteiger partial charge in [-0.15, -0.1) is 11.3 Å². The number of aromatic carboxylic acids is 1. The number of ether oxygens (including phenoxy) is 1. The number of aryl methyl sites for hydroxylation is 1. The van der Waals surface area contributed by atoms with E-state index in [0.29, 0.717) is 11.4 Å². The van der Waals surface area contributed by atoms with Crippen molar-refractivity contribution in [3.8, 4) is 5.75 Å². The third-order valence-corrected chi connectivity index (χ3v) is 3.82. The minimum Gasteiger partial charge on any atom is -0.483 e. The van der Waals surface area contributed by atoms with Crippen LogP contribution >= 0.6 is 11.3 Å². The highest BCUT2D eigenvalue weighted by Crippen LogP contribution is 2.22. The van der Waals surface area contributed by atoms with Gasteiger partial charge in [-0.25, -0.2) is 4.79 Å². The number of carboxylic acid groups (broad SMARTS) is 1. The summed E-state index contributed by atoms with van der Waals surface area (Å²) < 4.78 is 5.47. The standard InChI is InChI=1S/C15H15NO4S/c1-9-4-3-5-13(10(9)2)20-6-14(17)16-12-8-21-7-11(12)15(18)19/h3-5,7-8H,6H2,1-2H3,(H,16,17)(H,18,19). The fourth-order valence-electron chi connectivity index (χ4n) is 1.77. The Balaban J connectivity index is 1.98. The van der Waals surface area contributed by atoms with E-state index in [-0.39, 0.29) is 12.2 Å². The largest absolute Gasteiger partial charge is 0.483 e. The van der Waals surface area contributed by atoms with E-state index in [1.807, 2.05) is 26.0 Å². The predicted octanol–water partition coefficient (Wildman–Crippen LogP) is 3.08. The maximum atomic E-state index is 11.8. The van der Waals surface area contributed by atoms with Crippen LogP contribution in [-0.2, 0) is 4.79 Å². The lowest BCUT2D eigenvalue weighted by Crippen LogP contribution is -2.21. The minimum atomic E-state index is -1.07. The number of carboxylic acids is 1. The van der Waals surface area contributed by atoms with Crippen LogP contribution in [0.2, 0.25) is 0 Å². The van der Waals surface area contributed by atoms with Crippen LogP contribution in [0.5, 0.6) is 5.75 Å². The normalized spacial score (nSPS) is 10.2. The Hall–Kier alpha value is -2.34. The first-order chi connectivity index (χ1) is 9.99. The van der Waals surface area contributed by atoms with Crippen molar-refractivity contribution in [1.82, 2.24) is 0 Å². The van der Waals surface area contributed by atoms with Gasteiger partial charge in [-0.1, -0.05) is 12.1 Å². The summed E-state index contributed by atoms with van der Waals surface area (Å²) in [5, 5.41) is 14.6. The summed E-state index contributed by atoms with van der Waals surface area (Å²) in [6, 6.07) is 5.62. The molecule has 1 aromatic heterocycles. The Bertz CT molecular complexity index is 678. The quantitative estimate of drug-likeness (QED) is 0.890. The molecule has 0 aliphatic heterocycles. The monoisotopic (exact) mass is 305 g/mol. The first kappa shape index (κ1) is 15.1. The van der Waals surface area contributed by atoms with E-state index in [4.69, 9.17) is 9.84 Å². The van der Waals surface area contributed by atoms with Crippen LogP contribution in [0, 0.1) is 13.8 Å². The summed E-state index contributed by atoms with van der Waals surface area (Å²) in [5.74, 6) is -0.812. The average Bonchev–Trinajstić information content (AvgIpc) is 2.88. The molecule has 1 amide bonds. The highest BCUT2D eigenvalue weighted by atomic mass is 32.1. The van der Waals surface area contributed by atoms with Gasteiger partial charge in [0.05, 0.1) is 11.3 Å². The van der Waals surface area contributed by atoms with E-state index < -0.39 is 11.9 Å². The number of hydrogen-bond acceptors (Lipinski definition) is 4. The van der Waals surface area contributed by atoms with Crippen molar-refractivity contribution in [1.29, 1.82) is 0 Å². The predicted molar refractivity (Wildman–Crippen MR) is 81.3 cm³/mol. The molecule has 1 heterocycles. The Morgan fingerprint density at radius 2 is 2.05 bits per heavy atom. The number of amides is 1. The number of carbonyl (C=O) groups is 2. The molecule has 6 heteroatoms. The van der Waals surface area contributed by atoms with Gasteiger partial charge in [0.2, 0.25) is 0 Å². The second-order valence-corrected chi connectivity index (χ2v) is 5.28. The number of carbonyl (C=O) groups excluding carboxylic acids is 1. The van der Waals surface area contributed by atoms with Gasteiger partial charge in [0.15, 0.2) is 6.61 Å². The van der Waals surface area contributed by atoms with E-state index >= 15 is 0 Å². The highest BCUT2D eigenvalue weighted by molar-refractivity contribution is 7.08. The molecule has 0 fully saturated rings. The fraction of sp³-hybridized carbons (Fsp3) is 0.200. The van der Waals surface area contributed by atoms with Gasteiger partial charge in [-0.05, 0) is 31.0 Å². The van der Waals surface area contributed by atoms with E-state index in [0.717, 1.165) is 11.1 Å². The van der Waals surface area contributed by atoms with Crippen LogP contribution < -0.4 is 10.1 Å². The maximum absolute atomic E-state index is 11.8. The molecular formula is C15H15NO4S. The molecule has 0 aliphatic rings. The van der Waals surface area contributed by atoms with Crippen LogP contribution in [0.25, 0.3) is 0 Å². The molecule has 1 aromatic carbocycles. The maximum Gasteiger partial charge on any atom is 0.338 e. The Kier molecular flexibility index (Phi) is 4.59. The van der Waals surface area contributed by atoms with Crippen molar-refractivity contribution in [2.45, 2.75) is 13.8 Å². The summed E-state index contributed by atoms with van der Waals surface area (Å²) in [6.45, 7) is 3.72. The van der Waals surface area contributed by atoms with Crippen molar-refractivity contribution in [3.05, 3.63) is 45.6 Å². The van der Waals surface area contributed by atoms with Crippen molar-refractivity contribution in [3.63, 3.8) is 0 Å². The average molecular weight is 305 g/mol. The highest BCUT2D eigenvalue weighted by Gasteiger charge is 2.14. The fourth-order valence-corrected chi connectivity index (χ4v) is 2.52. The minimum absolute atomic E-state index is 0.0834. The zero-order valence-corrected chi connectivity index (χ0v) is 12.5. The van der Waals surface area contributed by atoms with Gasteiger partial charge >= 0.3 is 5.97 Å². The van der Waals surface area contributed by atoms with E-state index in [2.05, 4.69) is 5.32 Å². The van der Waals surface area contributed by atoms with Crippen LogP contribution in [-0.4, -0.2) is 23.6 Å². The third kappa shape index (κ3) is 3.61. The van der Waals surface area contributed by atoms with E-state index in [9.17, 15) is 9.59 Å². The second-order valence-electron chi connectivity index (χ2n) is 4.54. The molecule has 0 aliphatic carbocycles. The number of hydrogen-bond donors (Lipinski definition) is 2. The van der Waals surface area contributed by atoms with E-state index in [1.54, 1.807) is 11.4 Å². The summed E-state index contributed by atoms with van der Waals surface area (Å²) in [5.41, 5.74) is 2.44. The summed E-state index contributed by atoms with van der Waals surface area (Å²) in [7, 11) is 0.